The summed E-state index contributed by atoms with van der Waals surface area (Å²) in [5, 5.41) is 7.06. The van der Waals surface area contributed by atoms with Gasteiger partial charge in [-0.1, -0.05) is 39.8 Å². The third-order valence-corrected chi connectivity index (χ3v) is 5.12. The normalized spacial score (nSPS) is 19.8. The summed E-state index contributed by atoms with van der Waals surface area (Å²) in [6, 6.07) is 6.70. The molecule has 0 spiro atoms. The Hall–Kier alpha value is -2.70. The van der Waals surface area contributed by atoms with Crippen LogP contribution < -0.4 is 5.32 Å². The minimum atomic E-state index is -0.548. The number of aromatic nitrogens is 1. The van der Waals surface area contributed by atoms with Crippen LogP contribution in [0.1, 0.15) is 58.0 Å². The van der Waals surface area contributed by atoms with Crippen LogP contribution >= 0.6 is 0 Å². The van der Waals surface area contributed by atoms with Crippen LogP contribution in [0.25, 0.3) is 11.3 Å². The number of benzene rings is 1. The monoisotopic (exact) mass is 415 g/mol. The van der Waals surface area contributed by atoms with Crippen LogP contribution in [0.4, 0.5) is 4.39 Å². The molecule has 3 rings (SSSR count). The van der Waals surface area contributed by atoms with E-state index in [1.54, 1.807) is 23.1 Å². The molecular formula is C23H30FN3O3. The second-order valence-electron chi connectivity index (χ2n) is 9.66. The largest absolute Gasteiger partial charge is 0.350 e. The number of hydrogen-bond donors (Lipinski definition) is 1. The summed E-state index contributed by atoms with van der Waals surface area (Å²) < 4.78 is 18.5. The van der Waals surface area contributed by atoms with E-state index < -0.39 is 6.04 Å². The van der Waals surface area contributed by atoms with Crippen LogP contribution in [0.2, 0.25) is 0 Å². The Bertz CT molecular complexity index is 899. The Morgan fingerprint density at radius 1 is 1.30 bits per heavy atom. The summed E-state index contributed by atoms with van der Waals surface area (Å²) in [5.41, 5.74) is 1.12. The van der Waals surface area contributed by atoms with Crippen LogP contribution in [0.3, 0.4) is 0 Å². The van der Waals surface area contributed by atoms with Crippen molar-refractivity contribution in [3.05, 3.63) is 41.9 Å². The van der Waals surface area contributed by atoms with E-state index in [0.29, 0.717) is 24.2 Å². The fourth-order valence-electron chi connectivity index (χ4n) is 3.88. The van der Waals surface area contributed by atoms with Crippen LogP contribution in [0.15, 0.2) is 34.9 Å². The van der Waals surface area contributed by atoms with E-state index in [4.69, 9.17) is 4.52 Å². The second kappa shape index (κ2) is 8.58. The molecule has 2 aromatic rings. The van der Waals surface area contributed by atoms with E-state index >= 15 is 0 Å². The number of amides is 2. The topological polar surface area (TPSA) is 75.4 Å². The minimum absolute atomic E-state index is 0.0134. The number of hydrogen-bond acceptors (Lipinski definition) is 4. The number of nitrogens with one attached hydrogen (secondary N) is 1. The van der Waals surface area contributed by atoms with Crippen LogP contribution in [0.5, 0.6) is 0 Å². The highest BCUT2D eigenvalue weighted by Crippen LogP contribution is 2.27. The van der Waals surface area contributed by atoms with Crippen molar-refractivity contribution in [2.45, 2.75) is 59.5 Å². The van der Waals surface area contributed by atoms with Crippen molar-refractivity contribution in [2.75, 3.05) is 6.54 Å². The lowest BCUT2D eigenvalue weighted by atomic mass is 9.86. The lowest BCUT2D eigenvalue weighted by molar-refractivity contribution is -0.130. The molecule has 1 N–H and O–H groups in total. The van der Waals surface area contributed by atoms with Crippen molar-refractivity contribution in [1.82, 2.24) is 15.4 Å². The summed E-state index contributed by atoms with van der Waals surface area (Å²) >= 11 is 0. The molecule has 0 unspecified atom stereocenters. The first-order chi connectivity index (χ1) is 14.0. The van der Waals surface area contributed by atoms with Gasteiger partial charge in [-0.15, -0.1) is 0 Å². The molecule has 1 aliphatic heterocycles. The number of carbonyl (C=O) groups is 2. The maximum atomic E-state index is 13.3. The minimum Gasteiger partial charge on any atom is -0.350 e. The van der Waals surface area contributed by atoms with Gasteiger partial charge in [0, 0.05) is 24.2 Å². The molecular weight excluding hydrogens is 385 g/mol. The van der Waals surface area contributed by atoms with Gasteiger partial charge in [0.2, 0.25) is 11.7 Å². The van der Waals surface area contributed by atoms with Crippen molar-refractivity contribution < 1.29 is 18.5 Å². The third-order valence-electron chi connectivity index (χ3n) is 5.12. The van der Waals surface area contributed by atoms with Gasteiger partial charge in [-0.3, -0.25) is 9.59 Å². The molecule has 2 atom stereocenters. The third kappa shape index (κ3) is 5.26. The standard InChI is InChI=1S/C23H30FN3O3/c1-14(2)10-19-21(28)25-17(12-23(3,4)5)13-27(19)22(29)20-11-18(26-30-20)15-6-8-16(24)9-7-15/h6-9,11,14,17,19H,10,12-13H2,1-5H3,(H,25,28)/t17-,19-/m0/s1. The highest BCUT2D eigenvalue weighted by Gasteiger charge is 2.40. The predicted octanol–water partition coefficient (Wildman–Crippen LogP) is 4.27. The molecule has 1 saturated heterocycles. The van der Waals surface area contributed by atoms with Gasteiger partial charge in [-0.25, -0.2) is 4.39 Å². The molecule has 1 fully saturated rings. The summed E-state index contributed by atoms with van der Waals surface area (Å²) in [5.74, 6) is -0.502. The van der Waals surface area contributed by atoms with E-state index in [0.717, 1.165) is 6.42 Å². The van der Waals surface area contributed by atoms with Gasteiger partial charge >= 0.3 is 0 Å². The smallest absolute Gasteiger partial charge is 0.293 e. The Kier molecular flexibility index (Phi) is 6.29. The maximum absolute atomic E-state index is 13.3. The molecule has 6 nitrogen and oxygen atoms in total. The lowest BCUT2D eigenvalue weighted by Crippen LogP contribution is -2.62. The molecule has 0 radical (unpaired) electrons. The first kappa shape index (κ1) is 22.0. The molecule has 7 heteroatoms. The molecule has 2 heterocycles. The van der Waals surface area contributed by atoms with Crippen molar-refractivity contribution in [1.29, 1.82) is 0 Å². The van der Waals surface area contributed by atoms with Gasteiger partial charge in [-0.05, 0) is 48.4 Å². The Morgan fingerprint density at radius 3 is 2.57 bits per heavy atom. The van der Waals surface area contributed by atoms with E-state index in [-0.39, 0.29) is 40.8 Å². The Morgan fingerprint density at radius 2 is 1.97 bits per heavy atom. The SMILES string of the molecule is CC(C)C[C@H]1C(=O)N[C@@H](CC(C)(C)C)CN1C(=O)c1cc(-c2ccc(F)cc2)no1. The molecule has 0 aliphatic carbocycles. The maximum Gasteiger partial charge on any atom is 0.293 e. The molecule has 30 heavy (non-hydrogen) atoms. The van der Waals surface area contributed by atoms with Crippen molar-refractivity contribution in [3.8, 4) is 11.3 Å². The average Bonchev–Trinajstić information content (AvgIpc) is 3.12. The first-order valence-corrected chi connectivity index (χ1v) is 10.4. The van der Waals surface area contributed by atoms with Crippen molar-refractivity contribution >= 4 is 11.8 Å². The van der Waals surface area contributed by atoms with Crippen molar-refractivity contribution in [3.63, 3.8) is 0 Å². The fraction of sp³-hybridized carbons (Fsp3) is 0.522. The highest BCUT2D eigenvalue weighted by atomic mass is 19.1. The van der Waals surface area contributed by atoms with Crippen LogP contribution in [0, 0.1) is 17.2 Å². The number of piperazine rings is 1. The summed E-state index contributed by atoms with van der Waals surface area (Å²) in [7, 11) is 0. The molecule has 0 bridgehead atoms. The van der Waals surface area contributed by atoms with Crippen molar-refractivity contribution in [2.24, 2.45) is 11.3 Å². The van der Waals surface area contributed by atoms with E-state index in [1.165, 1.54) is 12.1 Å². The average molecular weight is 416 g/mol. The summed E-state index contributed by atoms with van der Waals surface area (Å²) in [6.45, 7) is 10.8. The lowest BCUT2D eigenvalue weighted by Gasteiger charge is -2.41. The van der Waals surface area contributed by atoms with E-state index in [2.05, 4.69) is 31.2 Å². The summed E-state index contributed by atoms with van der Waals surface area (Å²) in [4.78, 5) is 27.8. The predicted molar refractivity (Wildman–Crippen MR) is 112 cm³/mol. The van der Waals surface area contributed by atoms with Crippen LogP contribution in [-0.2, 0) is 4.79 Å². The summed E-state index contributed by atoms with van der Waals surface area (Å²) in [6.07, 6.45) is 1.33. The first-order valence-electron chi connectivity index (χ1n) is 10.4. The van der Waals surface area contributed by atoms with E-state index in [9.17, 15) is 14.0 Å². The Labute approximate surface area is 176 Å². The highest BCUT2D eigenvalue weighted by molar-refractivity contribution is 5.97. The zero-order chi connectivity index (χ0) is 22.1. The zero-order valence-electron chi connectivity index (χ0n) is 18.2. The van der Waals surface area contributed by atoms with Gasteiger partial charge < -0.3 is 14.7 Å². The van der Waals surface area contributed by atoms with Crippen LogP contribution in [-0.4, -0.2) is 40.5 Å². The molecule has 1 aromatic heterocycles. The van der Waals surface area contributed by atoms with Gasteiger partial charge in [0.25, 0.3) is 5.91 Å². The number of nitrogens with zero attached hydrogens (tertiary/aromatic N) is 2. The van der Waals surface area contributed by atoms with E-state index in [1.807, 2.05) is 13.8 Å². The molecule has 1 aliphatic rings. The van der Waals surface area contributed by atoms with Gasteiger partial charge in [-0.2, -0.15) is 0 Å². The Balaban J connectivity index is 1.85. The molecule has 0 saturated carbocycles. The molecule has 1 aromatic carbocycles. The van der Waals surface area contributed by atoms with Gasteiger partial charge in [0.1, 0.15) is 17.6 Å². The van der Waals surface area contributed by atoms with Gasteiger partial charge in [0.05, 0.1) is 0 Å². The zero-order valence-corrected chi connectivity index (χ0v) is 18.2. The number of carbonyl (C=O) groups excluding carboxylic acids is 2. The fourth-order valence-corrected chi connectivity index (χ4v) is 3.88. The molecule has 162 valence electrons. The quantitative estimate of drug-likeness (QED) is 0.791. The van der Waals surface area contributed by atoms with Gasteiger partial charge in [0.15, 0.2) is 0 Å². The second-order valence-corrected chi connectivity index (χ2v) is 9.66. The number of rotatable bonds is 5. The number of halogens is 1. The molecule has 2 amide bonds.